The van der Waals surface area contributed by atoms with Crippen LogP contribution in [0.25, 0.3) is 21.3 Å². The second-order valence-electron chi connectivity index (χ2n) is 3.44. The van der Waals surface area contributed by atoms with Crippen molar-refractivity contribution in [3.05, 3.63) is 46.1 Å². The lowest BCUT2D eigenvalue weighted by atomic mass is 10.1. The maximum atomic E-state index is 13.1. The first-order valence-electron chi connectivity index (χ1n) is 4.95. The van der Waals surface area contributed by atoms with E-state index in [4.69, 9.17) is 17.1 Å². The summed E-state index contributed by atoms with van der Waals surface area (Å²) in [7, 11) is 0. The van der Waals surface area contributed by atoms with Gasteiger partial charge >= 0.3 is 0 Å². The van der Waals surface area contributed by atoms with Gasteiger partial charge in [0.25, 0.3) is 0 Å². The SMILES string of the molecule is [N-]=[N+]=Nc1nc2ccc(F)cc2cc1CCCl. The molecule has 0 spiro atoms. The van der Waals surface area contributed by atoms with Crippen LogP contribution in [0.2, 0.25) is 0 Å². The summed E-state index contributed by atoms with van der Waals surface area (Å²) in [4.78, 5) is 6.90. The van der Waals surface area contributed by atoms with E-state index in [1.165, 1.54) is 12.1 Å². The lowest BCUT2D eigenvalue weighted by Gasteiger charge is -2.05. The fraction of sp³-hybridized carbons (Fsp3) is 0.182. The van der Waals surface area contributed by atoms with Crippen LogP contribution in [0.15, 0.2) is 29.4 Å². The first-order chi connectivity index (χ1) is 8.24. The van der Waals surface area contributed by atoms with E-state index in [1.54, 1.807) is 12.1 Å². The number of aryl methyl sites for hydroxylation is 1. The molecule has 0 atom stereocenters. The van der Waals surface area contributed by atoms with E-state index in [-0.39, 0.29) is 5.82 Å². The summed E-state index contributed by atoms with van der Waals surface area (Å²) >= 11 is 5.65. The lowest BCUT2D eigenvalue weighted by molar-refractivity contribution is 0.629. The molecular formula is C11H8ClFN4. The number of rotatable bonds is 3. The third-order valence-corrected chi connectivity index (χ3v) is 2.53. The van der Waals surface area contributed by atoms with Gasteiger partial charge in [0.2, 0.25) is 0 Å². The number of azide groups is 1. The fourth-order valence-corrected chi connectivity index (χ4v) is 1.80. The molecule has 6 heteroatoms. The van der Waals surface area contributed by atoms with Crippen molar-refractivity contribution in [1.82, 2.24) is 4.98 Å². The highest BCUT2D eigenvalue weighted by Gasteiger charge is 2.06. The standard InChI is InChI=1S/C11H8ClFN4/c12-4-3-7-5-8-6-9(13)1-2-10(8)15-11(7)16-17-14/h1-2,5-6H,3-4H2. The van der Waals surface area contributed by atoms with Crippen LogP contribution in [-0.2, 0) is 6.42 Å². The van der Waals surface area contributed by atoms with Crippen LogP contribution in [0, 0.1) is 5.82 Å². The van der Waals surface area contributed by atoms with E-state index in [9.17, 15) is 4.39 Å². The van der Waals surface area contributed by atoms with Gasteiger partial charge < -0.3 is 0 Å². The molecule has 0 aliphatic carbocycles. The van der Waals surface area contributed by atoms with Crippen molar-refractivity contribution in [2.75, 3.05) is 5.88 Å². The molecule has 1 aromatic heterocycles. The minimum Gasteiger partial charge on any atom is -0.246 e. The Bertz CT molecular complexity index is 608. The van der Waals surface area contributed by atoms with Crippen LogP contribution < -0.4 is 0 Å². The second-order valence-corrected chi connectivity index (χ2v) is 3.81. The topological polar surface area (TPSA) is 61.7 Å². The maximum absolute atomic E-state index is 13.1. The number of nitrogens with zero attached hydrogens (tertiary/aromatic N) is 4. The maximum Gasteiger partial charge on any atom is 0.130 e. The van der Waals surface area contributed by atoms with Gasteiger partial charge in [0.1, 0.15) is 11.6 Å². The molecule has 0 N–H and O–H groups in total. The van der Waals surface area contributed by atoms with Gasteiger partial charge in [-0.15, -0.1) is 11.6 Å². The summed E-state index contributed by atoms with van der Waals surface area (Å²) in [6, 6.07) is 6.00. The van der Waals surface area contributed by atoms with E-state index in [1.807, 2.05) is 0 Å². The summed E-state index contributed by atoms with van der Waals surface area (Å²) in [5, 5.41) is 4.18. The lowest BCUT2D eigenvalue weighted by Crippen LogP contribution is -1.91. The Hall–Kier alpha value is -1.84. The minimum absolute atomic E-state index is 0.298. The molecular weight excluding hydrogens is 243 g/mol. The average molecular weight is 251 g/mol. The number of pyridine rings is 1. The van der Waals surface area contributed by atoms with Gasteiger partial charge in [0, 0.05) is 16.2 Å². The Morgan fingerprint density at radius 2 is 2.24 bits per heavy atom. The van der Waals surface area contributed by atoms with Gasteiger partial charge in [0.15, 0.2) is 0 Å². The zero-order chi connectivity index (χ0) is 12.3. The highest BCUT2D eigenvalue weighted by atomic mass is 35.5. The largest absolute Gasteiger partial charge is 0.246 e. The highest BCUT2D eigenvalue weighted by molar-refractivity contribution is 6.18. The van der Waals surface area contributed by atoms with E-state index in [0.717, 1.165) is 5.56 Å². The van der Waals surface area contributed by atoms with Crippen LogP contribution in [0.5, 0.6) is 0 Å². The van der Waals surface area contributed by atoms with Gasteiger partial charge in [-0.25, -0.2) is 9.37 Å². The molecule has 2 aromatic rings. The number of hydrogen-bond acceptors (Lipinski definition) is 2. The molecule has 0 aliphatic rings. The summed E-state index contributed by atoms with van der Waals surface area (Å²) in [5.74, 6) is 0.358. The Kier molecular flexibility index (Phi) is 3.42. The van der Waals surface area contributed by atoms with Crippen LogP contribution in [0.1, 0.15) is 5.56 Å². The van der Waals surface area contributed by atoms with E-state index < -0.39 is 0 Å². The summed E-state index contributed by atoms with van der Waals surface area (Å²) in [6.07, 6.45) is 0.523. The molecule has 0 aliphatic heterocycles. The molecule has 0 saturated carbocycles. The number of benzene rings is 1. The van der Waals surface area contributed by atoms with Crippen molar-refractivity contribution < 1.29 is 4.39 Å². The van der Waals surface area contributed by atoms with E-state index >= 15 is 0 Å². The molecule has 4 nitrogen and oxygen atoms in total. The molecule has 0 unspecified atom stereocenters. The predicted octanol–water partition coefficient (Wildman–Crippen LogP) is 4.10. The summed E-state index contributed by atoms with van der Waals surface area (Å²) in [5.41, 5.74) is 9.76. The Labute approximate surface area is 102 Å². The van der Waals surface area contributed by atoms with Crippen molar-refractivity contribution in [3.8, 4) is 0 Å². The molecule has 1 heterocycles. The Morgan fingerprint density at radius 1 is 1.41 bits per heavy atom. The number of hydrogen-bond donors (Lipinski definition) is 0. The summed E-state index contributed by atoms with van der Waals surface area (Å²) < 4.78 is 13.1. The van der Waals surface area contributed by atoms with Crippen molar-refractivity contribution in [3.63, 3.8) is 0 Å². The first kappa shape index (κ1) is 11.6. The molecule has 2 rings (SSSR count). The van der Waals surface area contributed by atoms with Gasteiger partial charge in [-0.3, -0.25) is 0 Å². The molecule has 0 fully saturated rings. The molecule has 1 aromatic carbocycles. The van der Waals surface area contributed by atoms with Gasteiger partial charge in [-0.05, 0) is 46.9 Å². The smallest absolute Gasteiger partial charge is 0.130 e. The van der Waals surface area contributed by atoms with Crippen molar-refractivity contribution in [1.29, 1.82) is 0 Å². The molecule has 0 bridgehead atoms. The summed E-state index contributed by atoms with van der Waals surface area (Å²) in [6.45, 7) is 0. The van der Waals surface area contributed by atoms with Crippen LogP contribution in [0.4, 0.5) is 10.2 Å². The normalized spacial score (nSPS) is 10.2. The van der Waals surface area contributed by atoms with Crippen LogP contribution >= 0.6 is 11.6 Å². The van der Waals surface area contributed by atoms with Crippen molar-refractivity contribution >= 4 is 28.3 Å². The number of halogens is 2. The highest BCUT2D eigenvalue weighted by Crippen LogP contribution is 2.24. The zero-order valence-electron chi connectivity index (χ0n) is 8.77. The fourth-order valence-electron chi connectivity index (χ4n) is 1.60. The molecule has 86 valence electrons. The van der Waals surface area contributed by atoms with Gasteiger partial charge in [-0.1, -0.05) is 0 Å². The van der Waals surface area contributed by atoms with Crippen LogP contribution in [-0.4, -0.2) is 10.9 Å². The first-order valence-corrected chi connectivity index (χ1v) is 5.48. The molecule has 17 heavy (non-hydrogen) atoms. The third kappa shape index (κ3) is 2.46. The third-order valence-electron chi connectivity index (χ3n) is 2.34. The van der Waals surface area contributed by atoms with Gasteiger partial charge in [-0.2, -0.15) is 0 Å². The molecule has 0 amide bonds. The van der Waals surface area contributed by atoms with Crippen molar-refractivity contribution in [2.24, 2.45) is 5.11 Å². The predicted molar refractivity (Wildman–Crippen MR) is 64.9 cm³/mol. The quantitative estimate of drug-likeness (QED) is 0.350. The van der Waals surface area contributed by atoms with Crippen molar-refractivity contribution in [2.45, 2.75) is 6.42 Å². The second kappa shape index (κ2) is 4.99. The monoisotopic (exact) mass is 250 g/mol. The number of alkyl halides is 1. The molecule has 0 radical (unpaired) electrons. The Balaban J connectivity index is 2.67. The van der Waals surface area contributed by atoms with Crippen LogP contribution in [0.3, 0.4) is 0 Å². The Morgan fingerprint density at radius 3 is 2.94 bits per heavy atom. The molecule has 0 saturated heterocycles. The number of fused-ring (bicyclic) bond motifs is 1. The van der Waals surface area contributed by atoms with Gasteiger partial charge in [0.05, 0.1) is 5.52 Å². The zero-order valence-corrected chi connectivity index (χ0v) is 9.52. The van der Waals surface area contributed by atoms with E-state index in [2.05, 4.69) is 15.0 Å². The minimum atomic E-state index is -0.326. The van der Waals surface area contributed by atoms with E-state index in [0.29, 0.717) is 29.0 Å². The average Bonchev–Trinajstić information content (AvgIpc) is 2.31. The number of aromatic nitrogens is 1.